The van der Waals surface area contributed by atoms with Gasteiger partial charge in [0.05, 0.1) is 6.10 Å². The Balaban J connectivity index is 1.35. The van der Waals surface area contributed by atoms with Crippen LogP contribution >= 0.6 is 0 Å². The molecule has 1 heterocycles. The molecule has 3 aliphatic rings. The van der Waals surface area contributed by atoms with Crippen LogP contribution in [0.1, 0.15) is 42.5 Å². The van der Waals surface area contributed by atoms with E-state index < -0.39 is 0 Å². The Morgan fingerprint density at radius 1 is 1.21 bits per heavy atom. The molecular weight excluding hydrogens is 307 g/mol. The van der Waals surface area contributed by atoms with E-state index in [1.165, 1.54) is 18.6 Å². The van der Waals surface area contributed by atoms with Crippen molar-refractivity contribution in [1.82, 2.24) is 10.6 Å². The summed E-state index contributed by atoms with van der Waals surface area (Å²) in [5.74, 6) is 1.74. The number of piperidine rings is 1. The van der Waals surface area contributed by atoms with Crippen LogP contribution in [0.5, 0.6) is 5.75 Å². The van der Waals surface area contributed by atoms with Crippen LogP contribution in [0.2, 0.25) is 0 Å². The molecule has 1 aromatic carbocycles. The summed E-state index contributed by atoms with van der Waals surface area (Å²) in [4.78, 5) is 12.3. The Bertz CT molecular complexity index is 605. The number of nitrogens with one attached hydrogen (secondary N) is 2. The van der Waals surface area contributed by atoms with Crippen LogP contribution in [-0.2, 0) is 0 Å². The van der Waals surface area contributed by atoms with Crippen LogP contribution in [0.4, 0.5) is 4.39 Å². The van der Waals surface area contributed by atoms with Gasteiger partial charge in [-0.2, -0.15) is 0 Å². The number of hydrogen-bond acceptors (Lipinski definition) is 3. The van der Waals surface area contributed by atoms with E-state index in [2.05, 4.69) is 10.6 Å². The fourth-order valence-electron chi connectivity index (χ4n) is 4.26. The SMILES string of the molecule is O=C(NCC1C2CNCC21)c1ccc(F)c(OC2CCCCC2)c1. The lowest BCUT2D eigenvalue weighted by Crippen LogP contribution is -2.29. The van der Waals surface area contributed by atoms with E-state index in [9.17, 15) is 9.18 Å². The normalized spacial score (nSPS) is 29.1. The summed E-state index contributed by atoms with van der Waals surface area (Å²) in [6, 6.07) is 4.42. The van der Waals surface area contributed by atoms with Crippen molar-refractivity contribution in [3.63, 3.8) is 0 Å². The molecule has 0 spiro atoms. The first kappa shape index (κ1) is 15.9. The van der Waals surface area contributed by atoms with Gasteiger partial charge in [0.2, 0.25) is 0 Å². The molecule has 1 aromatic rings. The number of benzene rings is 1. The third kappa shape index (κ3) is 3.27. The Morgan fingerprint density at radius 2 is 1.96 bits per heavy atom. The van der Waals surface area contributed by atoms with Crippen LogP contribution < -0.4 is 15.4 Å². The van der Waals surface area contributed by atoms with Gasteiger partial charge in [0, 0.05) is 12.1 Å². The number of carbonyl (C=O) groups excluding carboxylic acids is 1. The fraction of sp³-hybridized carbons (Fsp3) is 0.632. The molecule has 1 amide bonds. The summed E-state index contributed by atoms with van der Waals surface area (Å²) in [6.45, 7) is 2.86. The van der Waals surface area contributed by atoms with Crippen LogP contribution in [0, 0.1) is 23.6 Å². The molecule has 2 unspecified atom stereocenters. The molecule has 5 heteroatoms. The minimum atomic E-state index is -0.389. The molecule has 2 atom stereocenters. The van der Waals surface area contributed by atoms with Crippen LogP contribution in [0.3, 0.4) is 0 Å². The Labute approximate surface area is 142 Å². The van der Waals surface area contributed by atoms with Gasteiger partial charge in [-0.25, -0.2) is 4.39 Å². The molecule has 2 saturated carbocycles. The number of ether oxygens (including phenoxy) is 1. The van der Waals surface area contributed by atoms with Gasteiger partial charge in [-0.1, -0.05) is 6.42 Å². The minimum Gasteiger partial charge on any atom is -0.487 e. The summed E-state index contributed by atoms with van der Waals surface area (Å²) in [5.41, 5.74) is 0.478. The summed E-state index contributed by atoms with van der Waals surface area (Å²) < 4.78 is 19.8. The summed E-state index contributed by atoms with van der Waals surface area (Å²) in [7, 11) is 0. The van der Waals surface area contributed by atoms with Gasteiger partial charge in [-0.15, -0.1) is 0 Å². The maximum absolute atomic E-state index is 14.0. The second-order valence-corrected chi connectivity index (χ2v) is 7.38. The van der Waals surface area contributed by atoms with Gasteiger partial charge in [0.25, 0.3) is 5.91 Å². The first-order valence-corrected chi connectivity index (χ1v) is 9.17. The summed E-state index contributed by atoms with van der Waals surface area (Å²) in [6.07, 6.45) is 5.49. The molecule has 130 valence electrons. The monoisotopic (exact) mass is 332 g/mol. The van der Waals surface area contributed by atoms with Crippen molar-refractivity contribution >= 4 is 5.91 Å². The topological polar surface area (TPSA) is 50.4 Å². The molecule has 0 bridgehead atoms. The standard InChI is InChI=1S/C19H25FN2O2/c20-17-7-6-12(8-18(17)24-13-4-2-1-3-5-13)19(23)22-11-16-14-9-21-10-15(14)16/h6-8,13-16,21H,1-5,9-11H2,(H,22,23). The predicted octanol–water partition coefficient (Wildman–Crippen LogP) is 2.73. The van der Waals surface area contributed by atoms with Crippen molar-refractivity contribution in [1.29, 1.82) is 0 Å². The minimum absolute atomic E-state index is 0.0740. The van der Waals surface area contributed by atoms with Crippen molar-refractivity contribution in [2.45, 2.75) is 38.2 Å². The maximum atomic E-state index is 14.0. The smallest absolute Gasteiger partial charge is 0.251 e. The molecule has 2 N–H and O–H groups in total. The van der Waals surface area contributed by atoms with E-state index in [0.29, 0.717) is 18.0 Å². The summed E-state index contributed by atoms with van der Waals surface area (Å²) in [5, 5.41) is 6.35. The molecule has 0 radical (unpaired) electrons. The third-order valence-corrected chi connectivity index (χ3v) is 5.81. The average molecular weight is 332 g/mol. The number of hydrogen-bond donors (Lipinski definition) is 2. The largest absolute Gasteiger partial charge is 0.487 e. The Hall–Kier alpha value is -1.62. The van der Waals surface area contributed by atoms with E-state index in [1.807, 2.05) is 0 Å². The van der Waals surface area contributed by atoms with Crippen LogP contribution in [0.15, 0.2) is 18.2 Å². The molecule has 3 fully saturated rings. The molecule has 1 aliphatic heterocycles. The van der Waals surface area contributed by atoms with Crippen molar-refractivity contribution in [3.8, 4) is 5.75 Å². The maximum Gasteiger partial charge on any atom is 0.251 e. The Kier molecular flexibility index (Phi) is 4.44. The second kappa shape index (κ2) is 6.71. The number of carbonyl (C=O) groups is 1. The molecule has 0 aromatic heterocycles. The van der Waals surface area contributed by atoms with E-state index in [1.54, 1.807) is 6.07 Å². The average Bonchev–Trinajstić information content (AvgIpc) is 3.02. The number of rotatable bonds is 5. The van der Waals surface area contributed by atoms with Gasteiger partial charge in [-0.3, -0.25) is 4.79 Å². The van der Waals surface area contributed by atoms with E-state index >= 15 is 0 Å². The Morgan fingerprint density at radius 3 is 2.71 bits per heavy atom. The van der Waals surface area contributed by atoms with Gasteiger partial charge < -0.3 is 15.4 Å². The van der Waals surface area contributed by atoms with E-state index in [0.717, 1.165) is 50.6 Å². The molecule has 2 aliphatic carbocycles. The first-order chi connectivity index (χ1) is 11.7. The summed E-state index contributed by atoms with van der Waals surface area (Å²) >= 11 is 0. The van der Waals surface area contributed by atoms with Crippen molar-refractivity contribution in [2.75, 3.05) is 19.6 Å². The lowest BCUT2D eigenvalue weighted by atomic mass is 9.98. The predicted molar refractivity (Wildman–Crippen MR) is 89.6 cm³/mol. The van der Waals surface area contributed by atoms with E-state index in [-0.39, 0.29) is 23.6 Å². The number of fused-ring (bicyclic) bond motifs is 1. The third-order valence-electron chi connectivity index (χ3n) is 5.81. The van der Waals surface area contributed by atoms with Gasteiger partial charge >= 0.3 is 0 Å². The van der Waals surface area contributed by atoms with Crippen molar-refractivity contribution in [3.05, 3.63) is 29.6 Å². The quantitative estimate of drug-likeness (QED) is 0.872. The highest BCUT2D eigenvalue weighted by atomic mass is 19.1. The van der Waals surface area contributed by atoms with Gasteiger partial charge in [-0.05, 0) is 74.7 Å². The molecule has 4 rings (SSSR count). The molecular formula is C19H25FN2O2. The zero-order valence-electron chi connectivity index (χ0n) is 13.9. The highest BCUT2D eigenvalue weighted by molar-refractivity contribution is 5.94. The molecule has 24 heavy (non-hydrogen) atoms. The zero-order chi connectivity index (χ0) is 16.5. The molecule has 1 saturated heterocycles. The zero-order valence-corrected chi connectivity index (χ0v) is 13.9. The van der Waals surface area contributed by atoms with Crippen molar-refractivity contribution in [2.24, 2.45) is 17.8 Å². The number of halogens is 1. The number of amides is 1. The first-order valence-electron chi connectivity index (χ1n) is 9.17. The van der Waals surface area contributed by atoms with Gasteiger partial charge in [0.1, 0.15) is 0 Å². The lowest BCUT2D eigenvalue weighted by Gasteiger charge is -2.23. The van der Waals surface area contributed by atoms with Gasteiger partial charge in [0.15, 0.2) is 11.6 Å². The second-order valence-electron chi connectivity index (χ2n) is 7.38. The molecule has 4 nitrogen and oxygen atoms in total. The van der Waals surface area contributed by atoms with Crippen LogP contribution in [0.25, 0.3) is 0 Å². The highest BCUT2D eigenvalue weighted by Gasteiger charge is 2.52. The fourth-order valence-corrected chi connectivity index (χ4v) is 4.26. The van der Waals surface area contributed by atoms with Crippen LogP contribution in [-0.4, -0.2) is 31.6 Å². The van der Waals surface area contributed by atoms with Crippen molar-refractivity contribution < 1.29 is 13.9 Å². The van der Waals surface area contributed by atoms with E-state index in [4.69, 9.17) is 4.74 Å². The lowest BCUT2D eigenvalue weighted by molar-refractivity contribution is 0.0948. The highest BCUT2D eigenvalue weighted by Crippen LogP contribution is 2.48.